The molecular weight excluding hydrogens is 425 g/mol. The van der Waals surface area contributed by atoms with Crippen LogP contribution in [0.2, 0.25) is 0 Å². The highest BCUT2D eigenvalue weighted by atomic mass is 32.2. The normalized spacial score (nSPS) is 13.1. The molecule has 11 heteroatoms. The third-order valence-electron chi connectivity index (χ3n) is 3.94. The van der Waals surface area contributed by atoms with Crippen LogP contribution in [-0.2, 0) is 15.3 Å². The predicted octanol–water partition coefficient (Wildman–Crippen LogP) is 4.84. The molecule has 0 unspecified atom stereocenters. The van der Waals surface area contributed by atoms with Crippen LogP contribution in [0.5, 0.6) is 5.75 Å². The molecule has 0 bridgehead atoms. The lowest BCUT2D eigenvalue weighted by Gasteiger charge is -2.18. The number of nitrogens with one attached hydrogen (secondary N) is 1. The number of ether oxygens (including phenoxy) is 1. The average molecular weight is 444 g/mol. The van der Waals surface area contributed by atoms with Crippen molar-refractivity contribution in [3.05, 3.63) is 75.4 Å². The first kappa shape index (κ1) is 23.2. The summed E-state index contributed by atoms with van der Waals surface area (Å²) < 4.78 is 65.6. The molecule has 0 aliphatic rings. The molecule has 0 heterocycles. The number of benzene rings is 2. The lowest BCUT2D eigenvalue weighted by atomic mass is 9.87. The highest BCUT2D eigenvalue weighted by Crippen LogP contribution is 2.27. The highest BCUT2D eigenvalue weighted by molar-refractivity contribution is 7.95. The molecule has 1 N–H and O–H groups in total. The van der Waals surface area contributed by atoms with Gasteiger partial charge in [-0.2, -0.15) is 0 Å². The second-order valence-electron chi connectivity index (χ2n) is 7.23. The fourth-order valence-electron chi connectivity index (χ4n) is 2.38. The van der Waals surface area contributed by atoms with Crippen molar-refractivity contribution in [3.63, 3.8) is 0 Å². The fourth-order valence-corrected chi connectivity index (χ4v) is 3.53. The second-order valence-corrected chi connectivity index (χ2v) is 9.13. The van der Waals surface area contributed by atoms with E-state index in [1.807, 2.05) is 20.8 Å². The number of hydrogen-bond acceptors (Lipinski definition) is 6. The van der Waals surface area contributed by atoms with Crippen LogP contribution >= 0.6 is 0 Å². The number of nitrogens with zero attached hydrogens (tertiary/aromatic N) is 1. The van der Waals surface area contributed by atoms with Crippen molar-refractivity contribution in [2.75, 3.05) is 5.32 Å². The van der Waals surface area contributed by atoms with Gasteiger partial charge in [-0.1, -0.05) is 32.9 Å². The van der Waals surface area contributed by atoms with E-state index in [-0.39, 0.29) is 16.0 Å². The molecule has 2 rings (SSSR count). The number of sulfone groups is 1. The quantitative estimate of drug-likeness (QED) is 0.506. The summed E-state index contributed by atoms with van der Waals surface area (Å²) in [4.78, 5) is 10.0. The molecule has 0 aliphatic carbocycles. The summed E-state index contributed by atoms with van der Waals surface area (Å²) >= 11 is 0. The molecule has 2 aromatic rings. The van der Waals surface area contributed by atoms with E-state index in [1.165, 1.54) is 12.1 Å². The molecular formula is C19H19F3N2O5S. The number of anilines is 1. The number of halogens is 3. The summed E-state index contributed by atoms with van der Waals surface area (Å²) in [5, 5.41) is 12.6. The maximum Gasteiger partial charge on any atom is 0.573 e. The highest BCUT2D eigenvalue weighted by Gasteiger charge is 2.32. The molecule has 0 aliphatic heterocycles. The standard InChI is InChI=1S/C19H19F3N2O5S/c1-18(2,3)13-4-10-16(11-5-13)30(27,28)17(24(25)26)12-23-14-6-8-15(9-7-14)29-19(20,21)22/h4-12,23H,1-3H3/b17-12-. The average Bonchev–Trinajstić information content (AvgIpc) is 2.61. The van der Waals surface area contributed by atoms with Crippen LogP contribution in [0.3, 0.4) is 0 Å². The Hall–Kier alpha value is -3.08. The largest absolute Gasteiger partial charge is 0.573 e. The van der Waals surface area contributed by atoms with E-state index in [1.54, 1.807) is 12.1 Å². The number of rotatable bonds is 6. The Bertz CT molecular complexity index is 1040. The van der Waals surface area contributed by atoms with Gasteiger partial charge in [0.15, 0.2) is 0 Å². The van der Waals surface area contributed by atoms with Gasteiger partial charge >= 0.3 is 11.4 Å². The first-order valence-electron chi connectivity index (χ1n) is 8.53. The van der Waals surface area contributed by atoms with Crippen LogP contribution in [0, 0.1) is 10.1 Å². The Morgan fingerprint density at radius 3 is 2.00 bits per heavy atom. The van der Waals surface area contributed by atoms with Gasteiger partial charge in [-0.25, -0.2) is 8.42 Å². The molecule has 0 atom stereocenters. The van der Waals surface area contributed by atoms with Crippen molar-refractivity contribution in [2.45, 2.75) is 37.4 Å². The smallest absolute Gasteiger partial charge is 0.406 e. The topological polar surface area (TPSA) is 98.5 Å². The van der Waals surface area contributed by atoms with Gasteiger partial charge in [0.1, 0.15) is 5.75 Å². The van der Waals surface area contributed by atoms with Crippen LogP contribution in [0.4, 0.5) is 18.9 Å². The van der Waals surface area contributed by atoms with E-state index < -0.39 is 31.9 Å². The van der Waals surface area contributed by atoms with Crippen molar-refractivity contribution in [2.24, 2.45) is 0 Å². The number of nitro groups is 1. The van der Waals surface area contributed by atoms with Crippen LogP contribution in [0.15, 0.2) is 64.7 Å². The van der Waals surface area contributed by atoms with E-state index in [9.17, 15) is 31.7 Å². The second kappa shape index (κ2) is 8.34. The summed E-state index contributed by atoms with van der Waals surface area (Å²) in [6.07, 6.45) is -4.18. The fraction of sp³-hybridized carbons (Fsp3) is 0.263. The summed E-state index contributed by atoms with van der Waals surface area (Å²) in [5.74, 6) is -0.488. The minimum Gasteiger partial charge on any atom is -0.406 e. The third-order valence-corrected chi connectivity index (χ3v) is 5.65. The molecule has 0 fully saturated rings. The maximum atomic E-state index is 12.7. The predicted molar refractivity (Wildman–Crippen MR) is 104 cm³/mol. The first-order chi connectivity index (χ1) is 13.7. The van der Waals surface area contributed by atoms with Gasteiger partial charge in [-0.05, 0) is 47.4 Å². The van der Waals surface area contributed by atoms with E-state index >= 15 is 0 Å². The zero-order valence-corrected chi connectivity index (χ0v) is 17.0. The van der Waals surface area contributed by atoms with Gasteiger partial charge < -0.3 is 10.1 Å². The molecule has 0 saturated heterocycles. The third kappa shape index (κ3) is 5.96. The first-order valence-corrected chi connectivity index (χ1v) is 10.0. The maximum absolute atomic E-state index is 12.7. The molecule has 162 valence electrons. The minimum atomic E-state index is -4.86. The SMILES string of the molecule is CC(C)(C)c1ccc(S(=O)(=O)/C(=C\Nc2ccc(OC(F)(F)F)cc2)[N+](=O)[O-])cc1. The Kier molecular flexibility index (Phi) is 6.45. The molecule has 0 spiro atoms. The van der Waals surface area contributed by atoms with Crippen LogP contribution in [-0.4, -0.2) is 19.7 Å². The van der Waals surface area contributed by atoms with E-state index in [0.717, 1.165) is 29.8 Å². The van der Waals surface area contributed by atoms with Gasteiger partial charge in [0.2, 0.25) is 0 Å². The summed E-state index contributed by atoms with van der Waals surface area (Å²) in [6.45, 7) is 5.81. The van der Waals surface area contributed by atoms with E-state index in [2.05, 4.69) is 10.1 Å². The lowest BCUT2D eigenvalue weighted by molar-refractivity contribution is -0.411. The van der Waals surface area contributed by atoms with Crippen LogP contribution in [0.25, 0.3) is 0 Å². The van der Waals surface area contributed by atoms with Gasteiger partial charge in [0.05, 0.1) is 16.0 Å². The molecule has 30 heavy (non-hydrogen) atoms. The number of hydrogen-bond donors (Lipinski definition) is 1. The van der Waals surface area contributed by atoms with Gasteiger partial charge in [0.25, 0.3) is 9.84 Å². The Labute approximate surface area is 171 Å². The molecule has 0 amide bonds. The Morgan fingerprint density at radius 2 is 1.57 bits per heavy atom. The molecule has 0 radical (unpaired) electrons. The Morgan fingerprint density at radius 1 is 1.03 bits per heavy atom. The molecule has 0 saturated carbocycles. The van der Waals surface area contributed by atoms with Crippen molar-refractivity contribution < 1.29 is 31.2 Å². The van der Waals surface area contributed by atoms with Crippen molar-refractivity contribution >= 4 is 15.5 Å². The minimum absolute atomic E-state index is 0.127. The summed E-state index contributed by atoms with van der Waals surface area (Å²) in [7, 11) is -4.44. The van der Waals surface area contributed by atoms with Crippen LogP contribution < -0.4 is 10.1 Å². The van der Waals surface area contributed by atoms with Gasteiger partial charge in [0, 0.05) is 5.69 Å². The molecule has 0 aromatic heterocycles. The molecule has 7 nitrogen and oxygen atoms in total. The van der Waals surface area contributed by atoms with Crippen molar-refractivity contribution in [3.8, 4) is 5.75 Å². The zero-order valence-electron chi connectivity index (χ0n) is 16.2. The summed E-state index contributed by atoms with van der Waals surface area (Å²) in [5.41, 5.74) is 0.752. The van der Waals surface area contributed by atoms with Crippen molar-refractivity contribution in [1.29, 1.82) is 0 Å². The monoisotopic (exact) mass is 444 g/mol. The van der Waals surface area contributed by atoms with E-state index in [4.69, 9.17) is 0 Å². The van der Waals surface area contributed by atoms with Crippen molar-refractivity contribution in [1.82, 2.24) is 0 Å². The van der Waals surface area contributed by atoms with E-state index in [0.29, 0.717) is 6.20 Å². The zero-order chi connectivity index (χ0) is 22.7. The summed E-state index contributed by atoms with van der Waals surface area (Å²) in [6, 6.07) is 10.0. The molecule has 2 aromatic carbocycles. The number of alkyl halides is 3. The van der Waals surface area contributed by atoms with Gasteiger partial charge in [-0.3, -0.25) is 10.1 Å². The lowest BCUT2D eigenvalue weighted by Crippen LogP contribution is -2.17. The Balaban J connectivity index is 2.28. The van der Waals surface area contributed by atoms with Gasteiger partial charge in [-0.15, -0.1) is 13.2 Å². The van der Waals surface area contributed by atoms with Crippen LogP contribution in [0.1, 0.15) is 26.3 Å².